The fourth-order valence-electron chi connectivity index (χ4n) is 2.48. The van der Waals surface area contributed by atoms with Crippen LogP contribution in [0.2, 0.25) is 0 Å². The molecule has 1 atom stereocenters. The fraction of sp³-hybridized carbons (Fsp3) is 0.667. The summed E-state index contributed by atoms with van der Waals surface area (Å²) in [6.07, 6.45) is 4.52. The molecule has 4 nitrogen and oxygen atoms in total. The lowest BCUT2D eigenvalue weighted by Crippen LogP contribution is -2.52. The zero-order chi connectivity index (χ0) is 13.7. The molecule has 106 valence electrons. The number of hydrogen-bond acceptors (Lipinski definition) is 4. The molecule has 2 rings (SSSR count). The lowest BCUT2D eigenvalue weighted by Gasteiger charge is -2.36. The van der Waals surface area contributed by atoms with Crippen molar-refractivity contribution >= 4 is 0 Å². The highest BCUT2D eigenvalue weighted by Crippen LogP contribution is 2.25. The van der Waals surface area contributed by atoms with Crippen molar-refractivity contribution in [1.29, 1.82) is 0 Å². The SMILES string of the molecule is Cc1cccc(CCC(C)NNC2CC(CN)C2)n1. The maximum absolute atomic E-state index is 5.62. The van der Waals surface area contributed by atoms with Gasteiger partial charge in [0.15, 0.2) is 0 Å². The first kappa shape index (κ1) is 14.4. The van der Waals surface area contributed by atoms with E-state index in [0.717, 1.165) is 31.0 Å². The number of aromatic nitrogens is 1. The molecule has 0 saturated heterocycles. The zero-order valence-electron chi connectivity index (χ0n) is 12.0. The van der Waals surface area contributed by atoms with Crippen molar-refractivity contribution in [3.63, 3.8) is 0 Å². The Balaban J connectivity index is 1.61. The van der Waals surface area contributed by atoms with Crippen molar-refractivity contribution in [1.82, 2.24) is 15.8 Å². The smallest absolute Gasteiger partial charge is 0.0407 e. The number of hydrazine groups is 1. The van der Waals surface area contributed by atoms with E-state index < -0.39 is 0 Å². The Morgan fingerprint density at radius 1 is 1.42 bits per heavy atom. The lowest BCUT2D eigenvalue weighted by atomic mass is 9.81. The summed E-state index contributed by atoms with van der Waals surface area (Å²) in [6.45, 7) is 5.08. The Morgan fingerprint density at radius 2 is 2.21 bits per heavy atom. The summed E-state index contributed by atoms with van der Waals surface area (Å²) in [5.41, 5.74) is 14.7. The van der Waals surface area contributed by atoms with E-state index in [1.807, 2.05) is 13.0 Å². The summed E-state index contributed by atoms with van der Waals surface area (Å²) in [6, 6.07) is 7.28. The summed E-state index contributed by atoms with van der Waals surface area (Å²) in [5, 5.41) is 0. The highest BCUT2D eigenvalue weighted by molar-refractivity contribution is 5.10. The van der Waals surface area contributed by atoms with Crippen molar-refractivity contribution < 1.29 is 0 Å². The van der Waals surface area contributed by atoms with E-state index in [-0.39, 0.29) is 0 Å². The van der Waals surface area contributed by atoms with Gasteiger partial charge in [0.2, 0.25) is 0 Å². The monoisotopic (exact) mass is 262 g/mol. The second kappa shape index (κ2) is 6.98. The molecule has 1 aromatic rings. The molecule has 0 aromatic carbocycles. The van der Waals surface area contributed by atoms with Gasteiger partial charge in [-0.25, -0.2) is 0 Å². The van der Waals surface area contributed by atoms with Gasteiger partial charge in [-0.3, -0.25) is 15.8 Å². The van der Waals surface area contributed by atoms with Crippen molar-refractivity contribution in [2.24, 2.45) is 11.7 Å². The first-order chi connectivity index (χ1) is 9.17. The Bertz CT molecular complexity index is 387. The standard InChI is InChI=1S/C15H26N4/c1-11-4-3-5-14(17-11)7-6-12(2)18-19-15-8-13(9-15)10-16/h3-5,12-13,15,18-19H,6-10,16H2,1-2H3. The Morgan fingerprint density at radius 3 is 2.89 bits per heavy atom. The van der Waals surface area contributed by atoms with Gasteiger partial charge < -0.3 is 5.73 Å². The van der Waals surface area contributed by atoms with Crippen LogP contribution in [-0.2, 0) is 6.42 Å². The van der Waals surface area contributed by atoms with Gasteiger partial charge in [0.25, 0.3) is 0 Å². The number of nitrogens with zero attached hydrogens (tertiary/aromatic N) is 1. The van der Waals surface area contributed by atoms with Crippen LogP contribution in [0, 0.1) is 12.8 Å². The van der Waals surface area contributed by atoms with Crippen LogP contribution in [0.4, 0.5) is 0 Å². The summed E-state index contributed by atoms with van der Waals surface area (Å²) < 4.78 is 0. The minimum atomic E-state index is 0.458. The molecule has 4 N–H and O–H groups in total. The highest BCUT2D eigenvalue weighted by atomic mass is 15.4. The Labute approximate surface area is 116 Å². The molecule has 4 heteroatoms. The highest BCUT2D eigenvalue weighted by Gasteiger charge is 2.27. The maximum Gasteiger partial charge on any atom is 0.0407 e. The molecule has 1 saturated carbocycles. The van der Waals surface area contributed by atoms with Gasteiger partial charge in [-0.15, -0.1) is 0 Å². The van der Waals surface area contributed by atoms with E-state index in [0.29, 0.717) is 12.1 Å². The average Bonchev–Trinajstić information content (AvgIpc) is 2.35. The van der Waals surface area contributed by atoms with Gasteiger partial charge in [0.05, 0.1) is 0 Å². The molecule has 1 aromatic heterocycles. The van der Waals surface area contributed by atoms with E-state index in [2.05, 4.69) is 34.9 Å². The number of aryl methyl sites for hydroxylation is 2. The molecule has 1 aliphatic rings. The summed E-state index contributed by atoms with van der Waals surface area (Å²) in [4.78, 5) is 4.53. The molecule has 0 radical (unpaired) electrons. The van der Waals surface area contributed by atoms with Gasteiger partial charge >= 0.3 is 0 Å². The second-order valence-electron chi connectivity index (χ2n) is 5.77. The molecule has 0 bridgehead atoms. The van der Waals surface area contributed by atoms with Gasteiger partial charge in [0, 0.05) is 23.5 Å². The van der Waals surface area contributed by atoms with Gasteiger partial charge in [0.1, 0.15) is 0 Å². The molecular formula is C15H26N4. The van der Waals surface area contributed by atoms with E-state index in [1.54, 1.807) is 0 Å². The Hall–Kier alpha value is -0.970. The van der Waals surface area contributed by atoms with Crippen LogP contribution in [0.1, 0.15) is 37.6 Å². The third kappa shape index (κ3) is 4.56. The van der Waals surface area contributed by atoms with Gasteiger partial charge in [-0.2, -0.15) is 0 Å². The average molecular weight is 262 g/mol. The first-order valence-electron chi connectivity index (χ1n) is 7.31. The third-order valence-corrected chi connectivity index (χ3v) is 3.88. The zero-order valence-corrected chi connectivity index (χ0v) is 12.0. The third-order valence-electron chi connectivity index (χ3n) is 3.88. The summed E-state index contributed by atoms with van der Waals surface area (Å²) >= 11 is 0. The minimum absolute atomic E-state index is 0.458. The molecule has 19 heavy (non-hydrogen) atoms. The molecular weight excluding hydrogens is 236 g/mol. The molecule has 1 aliphatic carbocycles. The number of pyridine rings is 1. The molecule has 0 aliphatic heterocycles. The van der Waals surface area contributed by atoms with Crippen LogP contribution < -0.4 is 16.6 Å². The molecule has 0 spiro atoms. The van der Waals surface area contributed by atoms with Crippen LogP contribution in [0.3, 0.4) is 0 Å². The maximum atomic E-state index is 5.62. The number of nitrogens with two attached hydrogens (primary N) is 1. The topological polar surface area (TPSA) is 63.0 Å². The van der Waals surface area contributed by atoms with E-state index in [4.69, 9.17) is 5.73 Å². The predicted octanol–water partition coefficient (Wildman–Crippen LogP) is 1.54. The molecule has 1 unspecified atom stereocenters. The fourth-order valence-corrected chi connectivity index (χ4v) is 2.48. The second-order valence-corrected chi connectivity index (χ2v) is 5.77. The van der Waals surface area contributed by atoms with E-state index in [1.165, 1.54) is 18.5 Å². The van der Waals surface area contributed by atoms with Crippen molar-refractivity contribution in [2.45, 2.75) is 51.6 Å². The normalized spacial score (nSPS) is 23.9. The summed E-state index contributed by atoms with van der Waals surface area (Å²) in [5.74, 6) is 0.728. The number of rotatable bonds is 7. The molecule has 1 fully saturated rings. The van der Waals surface area contributed by atoms with Gasteiger partial charge in [-0.1, -0.05) is 6.07 Å². The molecule has 1 heterocycles. The van der Waals surface area contributed by atoms with Crippen molar-refractivity contribution in [2.75, 3.05) is 6.54 Å². The first-order valence-corrected chi connectivity index (χ1v) is 7.31. The Kier molecular flexibility index (Phi) is 5.31. The molecule has 0 amide bonds. The van der Waals surface area contributed by atoms with E-state index >= 15 is 0 Å². The van der Waals surface area contributed by atoms with Crippen molar-refractivity contribution in [3.05, 3.63) is 29.6 Å². The van der Waals surface area contributed by atoms with Crippen LogP contribution in [-0.4, -0.2) is 23.6 Å². The number of hydrogen-bond donors (Lipinski definition) is 3. The quantitative estimate of drug-likeness (QED) is 0.652. The van der Waals surface area contributed by atoms with Crippen LogP contribution in [0.15, 0.2) is 18.2 Å². The van der Waals surface area contributed by atoms with Crippen LogP contribution in [0.25, 0.3) is 0 Å². The van der Waals surface area contributed by atoms with Crippen LogP contribution >= 0.6 is 0 Å². The predicted molar refractivity (Wildman–Crippen MR) is 78.6 cm³/mol. The summed E-state index contributed by atoms with van der Waals surface area (Å²) in [7, 11) is 0. The van der Waals surface area contributed by atoms with Crippen LogP contribution in [0.5, 0.6) is 0 Å². The lowest BCUT2D eigenvalue weighted by molar-refractivity contribution is 0.198. The van der Waals surface area contributed by atoms with Crippen molar-refractivity contribution in [3.8, 4) is 0 Å². The number of nitrogens with one attached hydrogen (secondary N) is 2. The van der Waals surface area contributed by atoms with E-state index in [9.17, 15) is 0 Å². The largest absolute Gasteiger partial charge is 0.330 e. The van der Waals surface area contributed by atoms with Gasteiger partial charge in [-0.05, 0) is 64.1 Å². The minimum Gasteiger partial charge on any atom is -0.330 e.